The number of rotatable bonds is 6. The van der Waals surface area contributed by atoms with E-state index in [9.17, 15) is 9.90 Å². The van der Waals surface area contributed by atoms with Gasteiger partial charge in [0.25, 0.3) is 0 Å². The predicted molar refractivity (Wildman–Crippen MR) is 78.3 cm³/mol. The Morgan fingerprint density at radius 2 is 2.16 bits per heavy atom. The standard InChI is InChI=1S/C15H23NO2S/c17-14(8-4-6-13-7-5-11-19-13)16-12-15(18)9-2-1-3-10-15/h5,7,11,18H,1-4,6,8-10,12H2,(H,16,17). The van der Waals surface area contributed by atoms with E-state index >= 15 is 0 Å². The Balaban J connectivity index is 1.61. The molecule has 1 amide bonds. The van der Waals surface area contributed by atoms with Gasteiger partial charge < -0.3 is 10.4 Å². The van der Waals surface area contributed by atoms with E-state index < -0.39 is 5.60 Å². The molecule has 0 aromatic carbocycles. The Morgan fingerprint density at radius 1 is 1.37 bits per heavy atom. The van der Waals surface area contributed by atoms with E-state index in [0.29, 0.717) is 13.0 Å². The summed E-state index contributed by atoms with van der Waals surface area (Å²) in [7, 11) is 0. The summed E-state index contributed by atoms with van der Waals surface area (Å²) in [5, 5.41) is 15.2. The third kappa shape index (κ3) is 4.96. The summed E-state index contributed by atoms with van der Waals surface area (Å²) in [4.78, 5) is 13.1. The summed E-state index contributed by atoms with van der Waals surface area (Å²) in [6.45, 7) is 0.421. The average Bonchev–Trinajstić information content (AvgIpc) is 2.91. The highest BCUT2D eigenvalue weighted by molar-refractivity contribution is 7.09. The molecular formula is C15H23NO2S. The van der Waals surface area contributed by atoms with Crippen LogP contribution in [0.2, 0.25) is 0 Å². The number of carbonyl (C=O) groups is 1. The molecule has 1 heterocycles. The quantitative estimate of drug-likeness (QED) is 0.842. The Hall–Kier alpha value is -0.870. The zero-order valence-corrected chi connectivity index (χ0v) is 12.2. The maximum absolute atomic E-state index is 11.7. The van der Waals surface area contributed by atoms with Gasteiger partial charge in [-0.2, -0.15) is 0 Å². The van der Waals surface area contributed by atoms with Crippen molar-refractivity contribution in [3.05, 3.63) is 22.4 Å². The third-order valence-corrected chi connectivity index (χ3v) is 4.74. The fraction of sp³-hybridized carbons (Fsp3) is 0.667. The molecule has 4 heteroatoms. The van der Waals surface area contributed by atoms with Crippen molar-refractivity contribution >= 4 is 17.2 Å². The lowest BCUT2D eigenvalue weighted by molar-refractivity contribution is -0.122. The van der Waals surface area contributed by atoms with Crippen molar-refractivity contribution in [2.45, 2.75) is 57.0 Å². The zero-order chi connectivity index (χ0) is 13.6. The Kier molecular flexibility index (Phi) is 5.40. The molecule has 19 heavy (non-hydrogen) atoms. The van der Waals surface area contributed by atoms with E-state index in [1.54, 1.807) is 11.3 Å². The van der Waals surface area contributed by atoms with Crippen molar-refractivity contribution in [1.82, 2.24) is 5.32 Å². The topological polar surface area (TPSA) is 49.3 Å². The average molecular weight is 281 g/mol. The number of aliphatic hydroxyl groups is 1. The van der Waals surface area contributed by atoms with Gasteiger partial charge in [0.15, 0.2) is 0 Å². The zero-order valence-electron chi connectivity index (χ0n) is 11.4. The second-order valence-corrected chi connectivity index (χ2v) is 6.53. The maximum atomic E-state index is 11.7. The van der Waals surface area contributed by atoms with Gasteiger partial charge >= 0.3 is 0 Å². The van der Waals surface area contributed by atoms with Crippen LogP contribution in [0.15, 0.2) is 17.5 Å². The van der Waals surface area contributed by atoms with Crippen LogP contribution in [0.25, 0.3) is 0 Å². The van der Waals surface area contributed by atoms with Crippen molar-refractivity contribution in [3.8, 4) is 0 Å². The minimum Gasteiger partial charge on any atom is -0.388 e. The van der Waals surface area contributed by atoms with Gasteiger partial charge in [-0.05, 0) is 37.1 Å². The first-order valence-electron chi connectivity index (χ1n) is 7.19. The van der Waals surface area contributed by atoms with Crippen molar-refractivity contribution in [2.24, 2.45) is 0 Å². The summed E-state index contributed by atoms with van der Waals surface area (Å²) in [6, 6.07) is 4.14. The number of nitrogens with one attached hydrogen (secondary N) is 1. The molecule has 1 aromatic rings. The monoisotopic (exact) mass is 281 g/mol. The first-order valence-corrected chi connectivity index (χ1v) is 8.07. The molecule has 0 spiro atoms. The highest BCUT2D eigenvalue weighted by Crippen LogP contribution is 2.27. The Bertz CT molecular complexity index is 383. The summed E-state index contributed by atoms with van der Waals surface area (Å²) >= 11 is 1.74. The van der Waals surface area contributed by atoms with Gasteiger partial charge in [0.1, 0.15) is 0 Å². The molecule has 0 saturated heterocycles. The Labute approximate surface area is 119 Å². The molecule has 0 unspecified atom stereocenters. The Morgan fingerprint density at radius 3 is 2.84 bits per heavy atom. The molecule has 1 saturated carbocycles. The highest BCUT2D eigenvalue weighted by Gasteiger charge is 2.29. The van der Waals surface area contributed by atoms with Crippen molar-refractivity contribution in [1.29, 1.82) is 0 Å². The minimum atomic E-state index is -0.651. The van der Waals surface area contributed by atoms with E-state index in [0.717, 1.165) is 38.5 Å². The van der Waals surface area contributed by atoms with Gasteiger partial charge in [-0.1, -0.05) is 25.3 Å². The summed E-state index contributed by atoms with van der Waals surface area (Å²) in [5.74, 6) is 0.0653. The molecule has 0 bridgehead atoms. The number of hydrogen-bond donors (Lipinski definition) is 2. The van der Waals surface area contributed by atoms with E-state index in [2.05, 4.69) is 16.8 Å². The molecule has 3 nitrogen and oxygen atoms in total. The molecule has 106 valence electrons. The SMILES string of the molecule is O=C(CCCc1cccs1)NCC1(O)CCCCC1. The van der Waals surface area contributed by atoms with E-state index in [-0.39, 0.29) is 5.91 Å². The molecule has 2 N–H and O–H groups in total. The van der Waals surface area contributed by atoms with Crippen LogP contribution in [0.4, 0.5) is 0 Å². The molecular weight excluding hydrogens is 258 g/mol. The van der Waals surface area contributed by atoms with Crippen LogP contribution in [0.3, 0.4) is 0 Å². The van der Waals surface area contributed by atoms with Gasteiger partial charge in [-0.15, -0.1) is 11.3 Å². The smallest absolute Gasteiger partial charge is 0.220 e. The first-order chi connectivity index (χ1) is 9.18. The number of amides is 1. The van der Waals surface area contributed by atoms with Crippen molar-refractivity contribution < 1.29 is 9.90 Å². The number of carbonyl (C=O) groups excluding carboxylic acids is 1. The normalized spacial score (nSPS) is 18.2. The molecule has 1 aromatic heterocycles. The number of thiophene rings is 1. The van der Waals surface area contributed by atoms with E-state index in [1.165, 1.54) is 11.3 Å². The molecule has 0 radical (unpaired) electrons. The highest BCUT2D eigenvalue weighted by atomic mass is 32.1. The third-order valence-electron chi connectivity index (χ3n) is 3.81. The molecule has 1 aliphatic carbocycles. The fourth-order valence-electron chi connectivity index (χ4n) is 2.62. The number of hydrogen-bond acceptors (Lipinski definition) is 3. The largest absolute Gasteiger partial charge is 0.388 e. The van der Waals surface area contributed by atoms with Crippen molar-refractivity contribution in [2.75, 3.05) is 6.54 Å². The predicted octanol–water partition coefficient (Wildman–Crippen LogP) is 2.88. The van der Waals surface area contributed by atoms with Crippen LogP contribution >= 0.6 is 11.3 Å². The maximum Gasteiger partial charge on any atom is 0.220 e. The lowest BCUT2D eigenvalue weighted by Crippen LogP contribution is -2.44. The van der Waals surface area contributed by atoms with Crippen LogP contribution in [0.5, 0.6) is 0 Å². The summed E-state index contributed by atoms with van der Waals surface area (Å²) in [5.41, 5.74) is -0.651. The van der Waals surface area contributed by atoms with Gasteiger partial charge in [-0.3, -0.25) is 4.79 Å². The minimum absolute atomic E-state index is 0.0653. The van der Waals surface area contributed by atoms with Crippen LogP contribution in [0, 0.1) is 0 Å². The first kappa shape index (κ1) is 14.5. The fourth-order valence-corrected chi connectivity index (χ4v) is 3.37. The molecule has 1 aliphatic rings. The summed E-state index contributed by atoms with van der Waals surface area (Å²) in [6.07, 6.45) is 7.39. The van der Waals surface area contributed by atoms with Crippen LogP contribution in [0.1, 0.15) is 49.8 Å². The van der Waals surface area contributed by atoms with Crippen LogP contribution < -0.4 is 5.32 Å². The lowest BCUT2D eigenvalue weighted by atomic mass is 9.85. The molecule has 1 fully saturated rings. The second kappa shape index (κ2) is 7.06. The molecule has 0 aliphatic heterocycles. The van der Waals surface area contributed by atoms with Gasteiger partial charge in [0.2, 0.25) is 5.91 Å². The van der Waals surface area contributed by atoms with Gasteiger partial charge in [0, 0.05) is 17.8 Å². The van der Waals surface area contributed by atoms with E-state index in [1.807, 2.05) is 6.07 Å². The lowest BCUT2D eigenvalue weighted by Gasteiger charge is -2.32. The van der Waals surface area contributed by atoms with Gasteiger partial charge in [0.05, 0.1) is 5.60 Å². The van der Waals surface area contributed by atoms with Crippen LogP contribution in [-0.2, 0) is 11.2 Å². The molecule has 0 atom stereocenters. The van der Waals surface area contributed by atoms with Crippen LogP contribution in [-0.4, -0.2) is 23.2 Å². The van der Waals surface area contributed by atoms with Crippen molar-refractivity contribution in [3.63, 3.8) is 0 Å². The van der Waals surface area contributed by atoms with E-state index in [4.69, 9.17) is 0 Å². The second-order valence-electron chi connectivity index (χ2n) is 5.49. The molecule has 2 rings (SSSR count). The van der Waals surface area contributed by atoms with Gasteiger partial charge in [-0.25, -0.2) is 0 Å². The summed E-state index contributed by atoms with van der Waals surface area (Å²) < 4.78 is 0. The number of aryl methyl sites for hydroxylation is 1.